The highest BCUT2D eigenvalue weighted by Gasteiger charge is 2.35. The highest BCUT2D eigenvalue weighted by Crippen LogP contribution is 2.34. The smallest absolute Gasteiger partial charge is 0.187 e. The average molecular weight is 287 g/mol. The van der Waals surface area contributed by atoms with Gasteiger partial charge in [0.25, 0.3) is 0 Å². The van der Waals surface area contributed by atoms with E-state index in [0.29, 0.717) is 22.8 Å². The quantitative estimate of drug-likeness (QED) is 0.846. The zero-order valence-electron chi connectivity index (χ0n) is 9.19. The van der Waals surface area contributed by atoms with E-state index in [1.807, 2.05) is 0 Å². The normalized spacial score (nSPS) is 24.9. The molecule has 2 N–H and O–H groups in total. The molecular weight excluding hydrogens is 272 g/mol. The van der Waals surface area contributed by atoms with Crippen LogP contribution in [0.2, 0.25) is 0 Å². The second kappa shape index (κ2) is 4.63. The number of carbonyl (C=O) groups excluding carboxylic acids is 1. The summed E-state index contributed by atoms with van der Waals surface area (Å²) < 4.78 is 2.06. The SMILES string of the molecule is Cn1nnc(Br)c1C(=O)C1CCCC1CN. The Hall–Kier alpha value is -0.750. The third-order valence-corrected chi connectivity index (χ3v) is 3.85. The predicted octanol–water partition coefficient (Wildman–Crippen LogP) is 1.14. The van der Waals surface area contributed by atoms with Crippen molar-refractivity contribution >= 4 is 21.7 Å². The molecule has 1 aliphatic carbocycles. The third kappa shape index (κ3) is 1.91. The number of carbonyl (C=O) groups is 1. The van der Waals surface area contributed by atoms with Gasteiger partial charge in [-0.05, 0) is 41.2 Å². The molecule has 0 saturated heterocycles. The standard InChI is InChI=1S/C10H15BrN4O/c1-15-8(10(11)13-14-15)9(16)7-4-2-3-6(7)5-12/h6-7H,2-5,12H2,1H3. The van der Waals surface area contributed by atoms with Crippen LogP contribution in [0.5, 0.6) is 0 Å². The summed E-state index contributed by atoms with van der Waals surface area (Å²) in [5.41, 5.74) is 6.25. The largest absolute Gasteiger partial charge is 0.330 e. The summed E-state index contributed by atoms with van der Waals surface area (Å²) in [5, 5.41) is 7.66. The van der Waals surface area contributed by atoms with Crippen molar-refractivity contribution in [2.24, 2.45) is 24.6 Å². The number of aryl methyl sites for hydroxylation is 1. The molecule has 0 amide bonds. The Morgan fingerprint density at radius 3 is 2.94 bits per heavy atom. The Labute approximate surface area is 103 Å². The summed E-state index contributed by atoms with van der Waals surface area (Å²) in [6.45, 7) is 0.583. The maximum Gasteiger partial charge on any atom is 0.187 e. The first kappa shape index (κ1) is 11.7. The molecule has 1 saturated carbocycles. The maximum absolute atomic E-state index is 12.3. The van der Waals surface area contributed by atoms with Crippen LogP contribution < -0.4 is 5.73 Å². The van der Waals surface area contributed by atoms with Gasteiger partial charge in [-0.15, -0.1) is 5.10 Å². The minimum Gasteiger partial charge on any atom is -0.330 e. The van der Waals surface area contributed by atoms with Gasteiger partial charge in [-0.1, -0.05) is 11.6 Å². The molecule has 16 heavy (non-hydrogen) atoms. The molecule has 5 nitrogen and oxygen atoms in total. The number of aromatic nitrogens is 3. The summed E-state index contributed by atoms with van der Waals surface area (Å²) in [4.78, 5) is 12.3. The van der Waals surface area contributed by atoms with E-state index in [9.17, 15) is 4.79 Å². The minimum atomic E-state index is 0.0403. The number of halogens is 1. The number of Topliss-reactive ketones (excluding diaryl/α,β-unsaturated/α-hetero) is 1. The molecule has 2 unspecified atom stereocenters. The average Bonchev–Trinajstić information content (AvgIpc) is 2.85. The van der Waals surface area contributed by atoms with Gasteiger partial charge in [0, 0.05) is 13.0 Å². The zero-order valence-corrected chi connectivity index (χ0v) is 10.8. The van der Waals surface area contributed by atoms with Gasteiger partial charge >= 0.3 is 0 Å². The number of hydrogen-bond acceptors (Lipinski definition) is 4. The zero-order chi connectivity index (χ0) is 11.7. The molecular formula is C10H15BrN4O. The van der Waals surface area contributed by atoms with E-state index < -0.39 is 0 Å². The monoisotopic (exact) mass is 286 g/mol. The molecule has 0 aliphatic heterocycles. The fourth-order valence-corrected chi connectivity index (χ4v) is 2.96. The Kier molecular flexibility index (Phi) is 3.39. The van der Waals surface area contributed by atoms with Crippen LogP contribution in [0.1, 0.15) is 29.8 Å². The molecule has 6 heteroatoms. The minimum absolute atomic E-state index is 0.0403. The number of hydrogen-bond donors (Lipinski definition) is 1. The van der Waals surface area contributed by atoms with Crippen molar-refractivity contribution < 1.29 is 4.79 Å². The molecule has 2 rings (SSSR count). The van der Waals surface area contributed by atoms with Crippen LogP contribution >= 0.6 is 15.9 Å². The van der Waals surface area contributed by atoms with E-state index in [1.165, 1.54) is 4.68 Å². The molecule has 1 fully saturated rings. The van der Waals surface area contributed by atoms with E-state index in [1.54, 1.807) is 7.05 Å². The van der Waals surface area contributed by atoms with Crippen molar-refractivity contribution in [2.75, 3.05) is 6.54 Å². The molecule has 1 aliphatic rings. The topological polar surface area (TPSA) is 73.8 Å². The summed E-state index contributed by atoms with van der Waals surface area (Å²) in [5.74, 6) is 0.472. The van der Waals surface area contributed by atoms with E-state index in [4.69, 9.17) is 5.73 Å². The van der Waals surface area contributed by atoms with Gasteiger partial charge in [-0.3, -0.25) is 4.79 Å². The third-order valence-electron chi connectivity index (χ3n) is 3.32. The summed E-state index contributed by atoms with van der Waals surface area (Å²) in [7, 11) is 1.73. The number of nitrogens with zero attached hydrogens (tertiary/aromatic N) is 3. The second-order valence-corrected chi connectivity index (χ2v) is 5.00. The van der Waals surface area contributed by atoms with Crippen molar-refractivity contribution in [3.05, 3.63) is 10.3 Å². The predicted molar refractivity (Wildman–Crippen MR) is 62.9 cm³/mol. The van der Waals surface area contributed by atoms with E-state index >= 15 is 0 Å². The Bertz CT molecular complexity index is 384. The lowest BCUT2D eigenvalue weighted by Crippen LogP contribution is -2.26. The lowest BCUT2D eigenvalue weighted by Gasteiger charge is -2.16. The van der Waals surface area contributed by atoms with Crippen molar-refractivity contribution in [3.8, 4) is 0 Å². The molecule has 0 spiro atoms. The Morgan fingerprint density at radius 2 is 2.38 bits per heavy atom. The summed E-state index contributed by atoms with van der Waals surface area (Å²) in [6.07, 6.45) is 3.06. The molecule has 1 aromatic rings. The van der Waals surface area contributed by atoms with Crippen LogP contribution in [0.15, 0.2) is 4.60 Å². The first-order chi connectivity index (χ1) is 7.65. The van der Waals surface area contributed by atoms with Crippen LogP contribution in [0, 0.1) is 11.8 Å². The van der Waals surface area contributed by atoms with Crippen LogP contribution in [-0.4, -0.2) is 27.3 Å². The van der Waals surface area contributed by atoms with Gasteiger partial charge in [-0.2, -0.15) is 0 Å². The molecule has 1 heterocycles. The highest BCUT2D eigenvalue weighted by molar-refractivity contribution is 9.10. The van der Waals surface area contributed by atoms with Gasteiger partial charge in [0.2, 0.25) is 0 Å². The summed E-state index contributed by atoms with van der Waals surface area (Å²) in [6, 6.07) is 0. The van der Waals surface area contributed by atoms with Crippen LogP contribution in [0.4, 0.5) is 0 Å². The number of rotatable bonds is 3. The molecule has 0 aromatic carbocycles. The van der Waals surface area contributed by atoms with E-state index in [-0.39, 0.29) is 11.7 Å². The first-order valence-corrected chi connectivity index (χ1v) is 6.24. The maximum atomic E-state index is 12.3. The second-order valence-electron chi connectivity index (χ2n) is 4.25. The number of ketones is 1. The molecule has 1 aromatic heterocycles. The van der Waals surface area contributed by atoms with Crippen LogP contribution in [0.25, 0.3) is 0 Å². The van der Waals surface area contributed by atoms with Crippen molar-refractivity contribution in [1.29, 1.82) is 0 Å². The Morgan fingerprint density at radius 1 is 1.62 bits per heavy atom. The fourth-order valence-electron chi connectivity index (χ4n) is 2.43. The van der Waals surface area contributed by atoms with Crippen molar-refractivity contribution in [2.45, 2.75) is 19.3 Å². The lowest BCUT2D eigenvalue weighted by atomic mass is 9.90. The lowest BCUT2D eigenvalue weighted by molar-refractivity contribution is 0.0882. The van der Waals surface area contributed by atoms with Gasteiger partial charge in [0.05, 0.1) is 0 Å². The van der Waals surface area contributed by atoms with Crippen molar-refractivity contribution in [3.63, 3.8) is 0 Å². The molecule has 2 atom stereocenters. The fraction of sp³-hybridized carbons (Fsp3) is 0.700. The van der Waals surface area contributed by atoms with Gasteiger partial charge < -0.3 is 5.73 Å². The summed E-state index contributed by atoms with van der Waals surface area (Å²) >= 11 is 3.26. The van der Waals surface area contributed by atoms with Crippen LogP contribution in [0.3, 0.4) is 0 Å². The van der Waals surface area contributed by atoms with Gasteiger partial charge in [-0.25, -0.2) is 4.68 Å². The molecule has 0 bridgehead atoms. The Balaban J connectivity index is 2.25. The van der Waals surface area contributed by atoms with Crippen LogP contribution in [-0.2, 0) is 7.05 Å². The van der Waals surface area contributed by atoms with Gasteiger partial charge in [0.1, 0.15) is 5.69 Å². The van der Waals surface area contributed by atoms with E-state index in [0.717, 1.165) is 19.3 Å². The van der Waals surface area contributed by atoms with Gasteiger partial charge in [0.15, 0.2) is 10.4 Å². The molecule has 88 valence electrons. The van der Waals surface area contributed by atoms with Crippen molar-refractivity contribution in [1.82, 2.24) is 15.0 Å². The number of nitrogens with two attached hydrogens (primary N) is 1. The molecule has 0 radical (unpaired) electrons. The van der Waals surface area contributed by atoms with E-state index in [2.05, 4.69) is 26.2 Å². The first-order valence-electron chi connectivity index (χ1n) is 5.44. The highest BCUT2D eigenvalue weighted by atomic mass is 79.9.